The minimum absolute atomic E-state index is 0.296. The Morgan fingerprint density at radius 3 is 2.85 bits per heavy atom. The highest BCUT2D eigenvalue weighted by Crippen LogP contribution is 2.31. The maximum absolute atomic E-state index is 12.2. The highest BCUT2D eigenvalue weighted by Gasteiger charge is 2.22. The number of hydrogen-bond acceptors (Lipinski definition) is 3. The standard InChI is InChI=1S/C21H23N3O3/c25-20(23-18-4-2-1-3-17(18)21(26)27)10-8-14-7-9-19-16(11-14)12-22-24(19)13-15-5-6-15/h7-12,15H,1-6,13H2,(H,23,25)(H,26,27)/b10-8+. The fraction of sp³-hybridized carbons (Fsp3) is 0.381. The summed E-state index contributed by atoms with van der Waals surface area (Å²) < 4.78 is 2.05. The topological polar surface area (TPSA) is 84.2 Å². The Bertz CT molecular complexity index is 951. The average Bonchev–Trinajstić information content (AvgIpc) is 3.39. The van der Waals surface area contributed by atoms with Gasteiger partial charge in [0.1, 0.15) is 0 Å². The van der Waals surface area contributed by atoms with Crippen LogP contribution in [-0.2, 0) is 16.1 Å². The first-order valence-electron chi connectivity index (χ1n) is 9.50. The summed E-state index contributed by atoms with van der Waals surface area (Å²) in [6.45, 7) is 0.974. The number of carboxylic acids is 1. The molecule has 0 saturated heterocycles. The summed E-state index contributed by atoms with van der Waals surface area (Å²) in [5, 5.41) is 17.5. The molecule has 1 fully saturated rings. The quantitative estimate of drug-likeness (QED) is 0.768. The molecule has 0 bridgehead atoms. The van der Waals surface area contributed by atoms with Crippen LogP contribution in [0.3, 0.4) is 0 Å². The first kappa shape index (κ1) is 17.5. The molecule has 0 radical (unpaired) electrons. The van der Waals surface area contributed by atoms with E-state index in [2.05, 4.69) is 15.1 Å². The lowest BCUT2D eigenvalue weighted by molar-refractivity contribution is -0.133. The van der Waals surface area contributed by atoms with Crippen molar-refractivity contribution in [2.24, 2.45) is 5.92 Å². The molecule has 0 aliphatic heterocycles. The van der Waals surface area contributed by atoms with E-state index in [0.29, 0.717) is 24.1 Å². The summed E-state index contributed by atoms with van der Waals surface area (Å²) in [6.07, 6.45) is 10.5. The van der Waals surface area contributed by atoms with Gasteiger partial charge in [-0.3, -0.25) is 9.48 Å². The summed E-state index contributed by atoms with van der Waals surface area (Å²) >= 11 is 0. The highest BCUT2D eigenvalue weighted by atomic mass is 16.4. The van der Waals surface area contributed by atoms with Crippen molar-refractivity contribution in [3.8, 4) is 0 Å². The molecule has 6 nitrogen and oxygen atoms in total. The van der Waals surface area contributed by atoms with Gasteiger partial charge in [0.05, 0.1) is 17.3 Å². The number of carboxylic acid groups (broad SMARTS) is 1. The maximum Gasteiger partial charge on any atom is 0.333 e. The van der Waals surface area contributed by atoms with Gasteiger partial charge in [-0.2, -0.15) is 5.10 Å². The Hall–Kier alpha value is -2.89. The van der Waals surface area contributed by atoms with Crippen molar-refractivity contribution in [1.29, 1.82) is 0 Å². The summed E-state index contributed by atoms with van der Waals surface area (Å²) in [7, 11) is 0. The zero-order valence-corrected chi connectivity index (χ0v) is 15.1. The van der Waals surface area contributed by atoms with Gasteiger partial charge in [-0.1, -0.05) is 6.07 Å². The summed E-state index contributed by atoms with van der Waals surface area (Å²) in [5.74, 6) is -0.473. The number of aromatic nitrogens is 2. The number of carbonyl (C=O) groups excluding carboxylic acids is 1. The van der Waals surface area contributed by atoms with Gasteiger partial charge < -0.3 is 10.4 Å². The third-order valence-corrected chi connectivity index (χ3v) is 5.22. The molecule has 4 rings (SSSR count). The van der Waals surface area contributed by atoms with Crippen LogP contribution in [-0.4, -0.2) is 26.8 Å². The van der Waals surface area contributed by atoms with Crippen LogP contribution in [0.15, 0.2) is 41.7 Å². The van der Waals surface area contributed by atoms with Crippen LogP contribution in [0.2, 0.25) is 0 Å². The number of rotatable bonds is 6. The summed E-state index contributed by atoms with van der Waals surface area (Å²) in [6, 6.07) is 6.02. The second-order valence-electron chi connectivity index (χ2n) is 7.38. The van der Waals surface area contributed by atoms with Crippen LogP contribution in [0.25, 0.3) is 17.0 Å². The summed E-state index contributed by atoms with van der Waals surface area (Å²) in [4.78, 5) is 23.5. The predicted octanol–water partition coefficient (Wildman–Crippen LogP) is 3.49. The molecule has 27 heavy (non-hydrogen) atoms. The summed E-state index contributed by atoms with van der Waals surface area (Å²) in [5.41, 5.74) is 2.90. The molecule has 2 aliphatic carbocycles. The molecule has 1 heterocycles. The van der Waals surface area contributed by atoms with Gasteiger partial charge >= 0.3 is 5.97 Å². The molecule has 2 aliphatic rings. The van der Waals surface area contributed by atoms with Crippen molar-refractivity contribution in [3.05, 3.63) is 47.3 Å². The highest BCUT2D eigenvalue weighted by molar-refractivity contribution is 5.95. The van der Waals surface area contributed by atoms with Gasteiger partial charge in [0.25, 0.3) is 0 Å². The predicted molar refractivity (Wildman–Crippen MR) is 103 cm³/mol. The molecular formula is C21H23N3O3. The average molecular weight is 365 g/mol. The Labute approximate surface area is 157 Å². The second-order valence-corrected chi connectivity index (χ2v) is 7.38. The molecule has 2 aromatic rings. The molecule has 2 N–H and O–H groups in total. The van der Waals surface area contributed by atoms with Crippen molar-refractivity contribution in [2.45, 2.75) is 45.1 Å². The van der Waals surface area contributed by atoms with Crippen LogP contribution in [0, 0.1) is 5.92 Å². The van der Waals surface area contributed by atoms with Crippen LogP contribution >= 0.6 is 0 Å². The smallest absolute Gasteiger partial charge is 0.333 e. The van der Waals surface area contributed by atoms with Crippen LogP contribution in [0.4, 0.5) is 0 Å². The van der Waals surface area contributed by atoms with Crippen molar-refractivity contribution >= 4 is 28.9 Å². The zero-order valence-electron chi connectivity index (χ0n) is 15.1. The molecule has 140 valence electrons. The third kappa shape index (κ3) is 4.10. The van der Waals surface area contributed by atoms with E-state index in [-0.39, 0.29) is 5.91 Å². The number of aliphatic carboxylic acids is 1. The van der Waals surface area contributed by atoms with E-state index >= 15 is 0 Å². The van der Waals surface area contributed by atoms with E-state index in [1.54, 1.807) is 6.08 Å². The first-order chi connectivity index (χ1) is 13.1. The Morgan fingerprint density at radius 2 is 2.07 bits per heavy atom. The first-order valence-corrected chi connectivity index (χ1v) is 9.50. The van der Waals surface area contributed by atoms with Crippen molar-refractivity contribution in [1.82, 2.24) is 15.1 Å². The largest absolute Gasteiger partial charge is 0.478 e. The van der Waals surface area contributed by atoms with E-state index in [1.807, 2.05) is 24.4 Å². The Morgan fingerprint density at radius 1 is 1.26 bits per heavy atom. The fourth-order valence-electron chi connectivity index (χ4n) is 3.54. The number of carbonyl (C=O) groups is 2. The van der Waals surface area contributed by atoms with Crippen molar-refractivity contribution < 1.29 is 14.7 Å². The van der Waals surface area contributed by atoms with Crippen molar-refractivity contribution in [2.75, 3.05) is 0 Å². The molecule has 1 amide bonds. The van der Waals surface area contributed by atoms with Crippen LogP contribution in [0.5, 0.6) is 0 Å². The molecule has 1 aromatic heterocycles. The van der Waals surface area contributed by atoms with Gasteiger partial charge in [0.2, 0.25) is 5.91 Å². The molecule has 0 unspecified atom stereocenters. The lowest BCUT2D eigenvalue weighted by Crippen LogP contribution is -2.25. The molecule has 1 saturated carbocycles. The van der Waals surface area contributed by atoms with E-state index < -0.39 is 5.97 Å². The van der Waals surface area contributed by atoms with E-state index in [1.165, 1.54) is 18.9 Å². The Kier molecular flexibility index (Phi) is 4.79. The lowest BCUT2D eigenvalue weighted by Gasteiger charge is -2.17. The second kappa shape index (κ2) is 7.39. The van der Waals surface area contributed by atoms with Gasteiger partial charge in [0.15, 0.2) is 0 Å². The number of amides is 1. The van der Waals surface area contributed by atoms with Gasteiger partial charge in [0, 0.05) is 23.7 Å². The van der Waals surface area contributed by atoms with Crippen LogP contribution in [0.1, 0.15) is 44.1 Å². The number of hydrogen-bond donors (Lipinski definition) is 2. The minimum Gasteiger partial charge on any atom is -0.478 e. The SMILES string of the molecule is O=C(/C=C/c1ccc2c(cnn2CC2CC2)c1)NC1=C(C(=O)O)CCCC1. The van der Waals surface area contributed by atoms with Gasteiger partial charge in [-0.05, 0) is 68.2 Å². The number of fused-ring (bicyclic) bond motifs is 1. The monoisotopic (exact) mass is 365 g/mol. The number of allylic oxidation sites excluding steroid dienone is 1. The van der Waals surface area contributed by atoms with E-state index in [4.69, 9.17) is 0 Å². The van der Waals surface area contributed by atoms with Crippen LogP contribution < -0.4 is 5.32 Å². The molecule has 0 atom stereocenters. The van der Waals surface area contributed by atoms with Crippen molar-refractivity contribution in [3.63, 3.8) is 0 Å². The maximum atomic E-state index is 12.2. The number of benzene rings is 1. The molecule has 6 heteroatoms. The lowest BCUT2D eigenvalue weighted by atomic mass is 9.96. The van der Waals surface area contributed by atoms with Gasteiger partial charge in [-0.15, -0.1) is 0 Å². The minimum atomic E-state index is -0.942. The third-order valence-electron chi connectivity index (χ3n) is 5.22. The number of nitrogens with one attached hydrogen (secondary N) is 1. The molecule has 0 spiro atoms. The Balaban J connectivity index is 1.45. The number of nitrogens with zero attached hydrogens (tertiary/aromatic N) is 2. The molecule has 1 aromatic carbocycles. The zero-order chi connectivity index (χ0) is 18.8. The van der Waals surface area contributed by atoms with E-state index in [0.717, 1.165) is 41.8 Å². The van der Waals surface area contributed by atoms with E-state index in [9.17, 15) is 14.7 Å². The molecular weight excluding hydrogens is 342 g/mol. The fourth-order valence-corrected chi connectivity index (χ4v) is 3.54. The normalized spacial score (nSPS) is 17.6. The van der Waals surface area contributed by atoms with Gasteiger partial charge in [-0.25, -0.2) is 4.79 Å².